The molecule has 2 aromatic carbocycles. The summed E-state index contributed by atoms with van der Waals surface area (Å²) in [7, 11) is 1.72. The minimum atomic E-state index is -0.494. The van der Waals surface area contributed by atoms with Crippen molar-refractivity contribution in [1.82, 2.24) is 0 Å². The fourth-order valence-corrected chi connectivity index (χ4v) is 1.87. The van der Waals surface area contributed by atoms with Crippen LogP contribution < -0.4 is 16.0 Å². The SMILES string of the molecule is CN(C(=O)CNc1cccc(C(N)=O)c1)c1ccccc1. The van der Waals surface area contributed by atoms with Crippen LogP contribution >= 0.6 is 0 Å². The van der Waals surface area contributed by atoms with Gasteiger partial charge in [0.15, 0.2) is 0 Å². The Labute approximate surface area is 123 Å². The summed E-state index contributed by atoms with van der Waals surface area (Å²) in [4.78, 5) is 24.8. The number of likely N-dealkylation sites (N-methyl/N-ethyl adjacent to an activating group) is 1. The molecular weight excluding hydrogens is 266 g/mol. The van der Waals surface area contributed by atoms with Gasteiger partial charge in [-0.1, -0.05) is 24.3 Å². The van der Waals surface area contributed by atoms with Crippen LogP contribution in [0.3, 0.4) is 0 Å². The van der Waals surface area contributed by atoms with Gasteiger partial charge in [-0.2, -0.15) is 0 Å². The molecule has 0 radical (unpaired) electrons. The standard InChI is InChI=1S/C16H17N3O2/c1-19(14-8-3-2-4-9-14)15(20)11-18-13-7-5-6-12(10-13)16(17)21/h2-10,18H,11H2,1H3,(H2,17,21). The van der Waals surface area contributed by atoms with E-state index in [1.165, 1.54) is 0 Å². The second-order valence-corrected chi connectivity index (χ2v) is 4.59. The number of para-hydroxylation sites is 1. The lowest BCUT2D eigenvalue weighted by Gasteiger charge is -2.18. The average molecular weight is 283 g/mol. The molecule has 3 N–H and O–H groups in total. The maximum absolute atomic E-state index is 12.1. The zero-order valence-electron chi connectivity index (χ0n) is 11.7. The van der Waals surface area contributed by atoms with Crippen LogP contribution in [0, 0.1) is 0 Å². The van der Waals surface area contributed by atoms with Gasteiger partial charge < -0.3 is 16.0 Å². The monoisotopic (exact) mass is 283 g/mol. The highest BCUT2D eigenvalue weighted by atomic mass is 16.2. The number of nitrogens with zero attached hydrogens (tertiary/aromatic N) is 1. The van der Waals surface area contributed by atoms with Crippen molar-refractivity contribution in [3.63, 3.8) is 0 Å². The summed E-state index contributed by atoms with van der Waals surface area (Å²) >= 11 is 0. The van der Waals surface area contributed by atoms with Crippen LogP contribution in [0.25, 0.3) is 0 Å². The van der Waals surface area contributed by atoms with Gasteiger partial charge in [-0.05, 0) is 30.3 Å². The number of carbonyl (C=O) groups excluding carboxylic acids is 2. The molecule has 0 aliphatic rings. The summed E-state index contributed by atoms with van der Waals surface area (Å²) < 4.78 is 0. The molecule has 0 fully saturated rings. The third kappa shape index (κ3) is 3.82. The number of rotatable bonds is 5. The second kappa shape index (κ2) is 6.56. The molecule has 0 saturated heterocycles. The van der Waals surface area contributed by atoms with Crippen LogP contribution in [0.4, 0.5) is 11.4 Å². The molecule has 2 amide bonds. The third-order valence-electron chi connectivity index (χ3n) is 3.11. The molecule has 0 spiro atoms. The van der Waals surface area contributed by atoms with E-state index in [4.69, 9.17) is 5.73 Å². The summed E-state index contributed by atoms with van der Waals surface area (Å²) in [6, 6.07) is 16.1. The van der Waals surface area contributed by atoms with Crippen LogP contribution in [0.1, 0.15) is 10.4 Å². The lowest BCUT2D eigenvalue weighted by Crippen LogP contribution is -2.32. The molecule has 108 valence electrons. The molecule has 0 aromatic heterocycles. The fraction of sp³-hybridized carbons (Fsp3) is 0.125. The van der Waals surface area contributed by atoms with E-state index in [0.717, 1.165) is 5.69 Å². The number of carbonyl (C=O) groups is 2. The van der Waals surface area contributed by atoms with E-state index in [0.29, 0.717) is 11.3 Å². The normalized spacial score (nSPS) is 9.95. The Morgan fingerprint density at radius 1 is 1.10 bits per heavy atom. The highest BCUT2D eigenvalue weighted by molar-refractivity contribution is 5.96. The predicted molar refractivity (Wildman–Crippen MR) is 83.3 cm³/mol. The van der Waals surface area contributed by atoms with Gasteiger partial charge in [-0.3, -0.25) is 9.59 Å². The Bertz CT molecular complexity index is 641. The Hall–Kier alpha value is -2.82. The number of primary amides is 1. The Morgan fingerprint density at radius 3 is 2.48 bits per heavy atom. The first kappa shape index (κ1) is 14.6. The van der Waals surface area contributed by atoms with Gasteiger partial charge in [0.05, 0.1) is 6.54 Å². The zero-order chi connectivity index (χ0) is 15.2. The minimum Gasteiger partial charge on any atom is -0.376 e. The summed E-state index contributed by atoms with van der Waals surface area (Å²) in [5.41, 5.74) is 7.14. The van der Waals surface area contributed by atoms with E-state index in [-0.39, 0.29) is 12.5 Å². The van der Waals surface area contributed by atoms with Crippen molar-refractivity contribution in [1.29, 1.82) is 0 Å². The maximum atomic E-state index is 12.1. The lowest BCUT2D eigenvalue weighted by molar-refractivity contribution is -0.116. The second-order valence-electron chi connectivity index (χ2n) is 4.59. The predicted octanol–water partition coefficient (Wildman–Crippen LogP) is 1.86. The zero-order valence-corrected chi connectivity index (χ0v) is 11.7. The van der Waals surface area contributed by atoms with E-state index < -0.39 is 5.91 Å². The summed E-state index contributed by atoms with van der Waals surface area (Å²) in [5.74, 6) is -0.572. The van der Waals surface area contributed by atoms with Crippen LogP contribution in [0.5, 0.6) is 0 Å². The van der Waals surface area contributed by atoms with Gasteiger partial charge in [0, 0.05) is 24.0 Å². The van der Waals surface area contributed by atoms with Crippen LogP contribution in [-0.4, -0.2) is 25.4 Å². The van der Waals surface area contributed by atoms with Crippen molar-refractivity contribution in [2.75, 3.05) is 23.8 Å². The number of nitrogens with one attached hydrogen (secondary N) is 1. The molecule has 5 nitrogen and oxygen atoms in total. The maximum Gasteiger partial charge on any atom is 0.248 e. The van der Waals surface area contributed by atoms with Crippen molar-refractivity contribution in [2.45, 2.75) is 0 Å². The van der Waals surface area contributed by atoms with E-state index >= 15 is 0 Å². The van der Waals surface area contributed by atoms with Gasteiger partial charge in [0.1, 0.15) is 0 Å². The summed E-state index contributed by atoms with van der Waals surface area (Å²) in [6.45, 7) is 0.133. The van der Waals surface area contributed by atoms with Crippen molar-refractivity contribution < 1.29 is 9.59 Å². The van der Waals surface area contributed by atoms with Crippen LogP contribution in [-0.2, 0) is 4.79 Å². The largest absolute Gasteiger partial charge is 0.376 e. The number of benzene rings is 2. The highest BCUT2D eigenvalue weighted by Gasteiger charge is 2.10. The quantitative estimate of drug-likeness (QED) is 0.879. The van der Waals surface area contributed by atoms with Crippen LogP contribution in [0.2, 0.25) is 0 Å². The van der Waals surface area contributed by atoms with E-state index in [1.807, 2.05) is 30.3 Å². The van der Waals surface area contributed by atoms with E-state index in [1.54, 1.807) is 36.2 Å². The molecular formula is C16H17N3O2. The van der Waals surface area contributed by atoms with E-state index in [9.17, 15) is 9.59 Å². The Balaban J connectivity index is 1.98. The highest BCUT2D eigenvalue weighted by Crippen LogP contribution is 2.13. The molecule has 0 aliphatic carbocycles. The van der Waals surface area contributed by atoms with Crippen molar-refractivity contribution in [3.8, 4) is 0 Å². The molecule has 5 heteroatoms. The molecule has 2 aromatic rings. The average Bonchev–Trinajstić information content (AvgIpc) is 2.53. The number of nitrogens with two attached hydrogens (primary N) is 1. The third-order valence-corrected chi connectivity index (χ3v) is 3.11. The topological polar surface area (TPSA) is 75.4 Å². The Kier molecular flexibility index (Phi) is 4.56. The van der Waals surface area contributed by atoms with Crippen molar-refractivity contribution >= 4 is 23.2 Å². The van der Waals surface area contributed by atoms with Crippen LogP contribution in [0.15, 0.2) is 54.6 Å². The molecule has 2 rings (SSSR count). The summed E-state index contributed by atoms with van der Waals surface area (Å²) in [5, 5.41) is 2.99. The molecule has 0 unspecified atom stereocenters. The fourth-order valence-electron chi connectivity index (χ4n) is 1.87. The Morgan fingerprint density at radius 2 is 1.81 bits per heavy atom. The minimum absolute atomic E-state index is 0.0781. The molecule has 0 aliphatic heterocycles. The van der Waals surface area contributed by atoms with Gasteiger partial charge in [0.25, 0.3) is 0 Å². The molecule has 0 atom stereocenters. The first-order valence-electron chi connectivity index (χ1n) is 6.53. The number of hydrogen-bond acceptors (Lipinski definition) is 3. The molecule has 0 heterocycles. The van der Waals surface area contributed by atoms with Gasteiger partial charge in [0.2, 0.25) is 11.8 Å². The number of anilines is 2. The first-order valence-corrected chi connectivity index (χ1v) is 6.53. The molecule has 0 saturated carbocycles. The van der Waals surface area contributed by atoms with Gasteiger partial charge in [-0.25, -0.2) is 0 Å². The smallest absolute Gasteiger partial charge is 0.248 e. The number of amides is 2. The van der Waals surface area contributed by atoms with E-state index in [2.05, 4.69) is 5.32 Å². The lowest BCUT2D eigenvalue weighted by atomic mass is 10.2. The van der Waals surface area contributed by atoms with Crippen molar-refractivity contribution in [2.24, 2.45) is 5.73 Å². The molecule has 0 bridgehead atoms. The van der Waals surface area contributed by atoms with Gasteiger partial charge >= 0.3 is 0 Å². The van der Waals surface area contributed by atoms with Gasteiger partial charge in [-0.15, -0.1) is 0 Å². The number of hydrogen-bond donors (Lipinski definition) is 2. The molecule has 21 heavy (non-hydrogen) atoms. The summed E-state index contributed by atoms with van der Waals surface area (Å²) in [6.07, 6.45) is 0. The first-order chi connectivity index (χ1) is 10.1. The van der Waals surface area contributed by atoms with Crippen molar-refractivity contribution in [3.05, 3.63) is 60.2 Å².